The second-order valence-electron chi connectivity index (χ2n) is 9.36. The lowest BCUT2D eigenvalue weighted by atomic mass is 10.1. The minimum Gasteiger partial charge on any atom is -0.449 e. The van der Waals surface area contributed by atoms with Crippen LogP contribution in [0.25, 0.3) is 22.7 Å². The van der Waals surface area contributed by atoms with Crippen LogP contribution in [0.15, 0.2) is 77.5 Å². The van der Waals surface area contributed by atoms with Crippen LogP contribution in [-0.4, -0.2) is 21.5 Å². The molecule has 1 saturated carbocycles. The van der Waals surface area contributed by atoms with Gasteiger partial charge in [-0.3, -0.25) is 4.79 Å². The molecule has 6 heteroatoms. The fourth-order valence-corrected chi connectivity index (χ4v) is 4.87. The van der Waals surface area contributed by atoms with E-state index in [0.717, 1.165) is 42.6 Å². The van der Waals surface area contributed by atoms with Gasteiger partial charge in [0.15, 0.2) is 11.5 Å². The van der Waals surface area contributed by atoms with Crippen molar-refractivity contribution >= 4 is 5.91 Å². The normalized spacial score (nSPS) is 14.8. The number of carbonyl (C=O) groups excluding carboxylic acids is 1. The highest BCUT2D eigenvalue weighted by atomic mass is 19.1. The van der Waals surface area contributed by atoms with Crippen molar-refractivity contribution in [1.82, 2.24) is 14.9 Å². The Labute approximate surface area is 205 Å². The van der Waals surface area contributed by atoms with Gasteiger partial charge in [0.1, 0.15) is 11.5 Å². The van der Waals surface area contributed by atoms with E-state index in [9.17, 15) is 9.18 Å². The van der Waals surface area contributed by atoms with E-state index >= 15 is 0 Å². The van der Waals surface area contributed by atoms with E-state index in [0.29, 0.717) is 11.8 Å². The van der Waals surface area contributed by atoms with E-state index in [-0.39, 0.29) is 23.5 Å². The van der Waals surface area contributed by atoms with Crippen molar-refractivity contribution in [3.05, 3.63) is 90.2 Å². The number of halogens is 1. The van der Waals surface area contributed by atoms with Crippen molar-refractivity contribution in [1.29, 1.82) is 0 Å². The minimum atomic E-state index is -0.288. The average Bonchev–Trinajstić information content (AvgIpc) is 3.64. The van der Waals surface area contributed by atoms with Crippen LogP contribution in [0.5, 0.6) is 0 Å². The van der Waals surface area contributed by atoms with Gasteiger partial charge < -0.3 is 14.3 Å². The molecule has 1 amide bonds. The third-order valence-corrected chi connectivity index (χ3v) is 6.78. The number of imidazole rings is 1. The third-order valence-electron chi connectivity index (χ3n) is 6.78. The topological polar surface area (TPSA) is 60.1 Å². The molecule has 0 bridgehead atoms. The van der Waals surface area contributed by atoms with Gasteiger partial charge in [-0.1, -0.05) is 43.2 Å². The summed E-state index contributed by atoms with van der Waals surface area (Å²) in [7, 11) is 0. The Balaban J connectivity index is 1.36. The van der Waals surface area contributed by atoms with Crippen molar-refractivity contribution < 1.29 is 13.6 Å². The molecule has 2 aromatic carbocycles. The van der Waals surface area contributed by atoms with Crippen LogP contribution in [0.2, 0.25) is 0 Å². The van der Waals surface area contributed by atoms with E-state index in [1.165, 1.54) is 30.5 Å². The molecule has 4 aromatic rings. The first-order valence-electron chi connectivity index (χ1n) is 12.4. The predicted octanol–water partition coefficient (Wildman–Crippen LogP) is 6.82. The van der Waals surface area contributed by atoms with E-state index in [2.05, 4.69) is 27.0 Å². The number of rotatable bonds is 8. The predicted molar refractivity (Wildman–Crippen MR) is 135 cm³/mol. The van der Waals surface area contributed by atoms with Crippen molar-refractivity contribution in [3.8, 4) is 22.7 Å². The Morgan fingerprint density at radius 2 is 1.83 bits per heavy atom. The zero-order chi connectivity index (χ0) is 24.2. The first-order valence-corrected chi connectivity index (χ1v) is 12.4. The Morgan fingerprint density at radius 3 is 2.57 bits per heavy atom. The number of amides is 1. The van der Waals surface area contributed by atoms with Crippen molar-refractivity contribution in [2.24, 2.45) is 0 Å². The summed E-state index contributed by atoms with van der Waals surface area (Å²) in [5.74, 6) is 0.350. The molecule has 0 unspecified atom stereocenters. The Morgan fingerprint density at radius 1 is 1.09 bits per heavy atom. The zero-order valence-corrected chi connectivity index (χ0v) is 19.9. The second-order valence-corrected chi connectivity index (χ2v) is 9.36. The molecule has 0 spiro atoms. The SMILES string of the molecule is C[C@H](CCc1ccccc1)NC(=O)c1ccc(-c2c(-c3ccc(F)cc3)ncn2C2CCCC2)o1. The lowest BCUT2D eigenvalue weighted by Crippen LogP contribution is -2.32. The Bertz CT molecular complexity index is 1270. The van der Waals surface area contributed by atoms with E-state index < -0.39 is 0 Å². The quantitative estimate of drug-likeness (QED) is 0.307. The second kappa shape index (κ2) is 10.3. The zero-order valence-electron chi connectivity index (χ0n) is 19.9. The van der Waals surface area contributed by atoms with Gasteiger partial charge in [0, 0.05) is 17.6 Å². The average molecular weight is 472 g/mol. The van der Waals surface area contributed by atoms with Gasteiger partial charge in [0.2, 0.25) is 0 Å². The molecular formula is C29H30FN3O2. The maximum atomic E-state index is 13.5. The van der Waals surface area contributed by atoms with E-state index in [1.54, 1.807) is 18.2 Å². The molecule has 0 saturated heterocycles. The minimum absolute atomic E-state index is 0.00930. The van der Waals surface area contributed by atoms with Crippen molar-refractivity contribution in [2.75, 3.05) is 0 Å². The summed E-state index contributed by atoms with van der Waals surface area (Å²) in [6.45, 7) is 2.01. The molecule has 5 nitrogen and oxygen atoms in total. The monoisotopic (exact) mass is 471 g/mol. The molecule has 1 aliphatic rings. The summed E-state index contributed by atoms with van der Waals surface area (Å²) in [4.78, 5) is 17.6. The molecule has 180 valence electrons. The smallest absolute Gasteiger partial charge is 0.287 e. The summed E-state index contributed by atoms with van der Waals surface area (Å²) in [6.07, 6.45) is 8.11. The molecule has 1 N–H and O–H groups in total. The standard InChI is InChI=1S/C29H30FN3O2/c1-20(11-12-21-7-3-2-4-8-21)32-29(34)26-18-17-25(35-26)28-27(22-13-15-23(30)16-14-22)31-19-33(28)24-9-5-6-10-24/h2-4,7-8,13-20,24H,5-6,9-12H2,1H3,(H,32,34)/t20-/m1/s1. The number of aryl methyl sites for hydroxylation is 1. The van der Waals surface area contributed by atoms with Gasteiger partial charge in [-0.15, -0.1) is 0 Å². The third kappa shape index (κ3) is 5.21. The van der Waals surface area contributed by atoms with Crippen LogP contribution in [0.3, 0.4) is 0 Å². The highest BCUT2D eigenvalue weighted by Crippen LogP contribution is 2.39. The van der Waals surface area contributed by atoms with Crippen LogP contribution >= 0.6 is 0 Å². The number of nitrogens with zero attached hydrogens (tertiary/aromatic N) is 2. The number of aromatic nitrogens is 2. The molecule has 1 fully saturated rings. The lowest BCUT2D eigenvalue weighted by Gasteiger charge is -2.15. The van der Waals surface area contributed by atoms with Crippen LogP contribution in [0.4, 0.5) is 4.39 Å². The maximum absolute atomic E-state index is 13.5. The molecule has 5 rings (SSSR count). The Hall–Kier alpha value is -3.67. The first-order chi connectivity index (χ1) is 17.1. The highest BCUT2D eigenvalue weighted by Gasteiger charge is 2.26. The van der Waals surface area contributed by atoms with Gasteiger partial charge in [0.25, 0.3) is 5.91 Å². The fraction of sp³-hybridized carbons (Fsp3) is 0.310. The molecule has 35 heavy (non-hydrogen) atoms. The molecule has 2 heterocycles. The van der Waals surface area contributed by atoms with E-state index in [4.69, 9.17) is 4.42 Å². The fourth-order valence-electron chi connectivity index (χ4n) is 4.87. The molecule has 2 aromatic heterocycles. The van der Waals surface area contributed by atoms with Gasteiger partial charge in [-0.05, 0) is 74.6 Å². The summed E-state index contributed by atoms with van der Waals surface area (Å²) >= 11 is 0. The summed E-state index contributed by atoms with van der Waals surface area (Å²) < 4.78 is 21.8. The summed E-state index contributed by atoms with van der Waals surface area (Å²) in [5, 5.41) is 3.05. The number of benzene rings is 2. The number of nitrogens with one attached hydrogen (secondary N) is 1. The van der Waals surface area contributed by atoms with Gasteiger partial charge >= 0.3 is 0 Å². The number of furan rings is 1. The highest BCUT2D eigenvalue weighted by molar-refractivity contribution is 5.92. The van der Waals surface area contributed by atoms with Gasteiger partial charge in [0.05, 0.1) is 12.0 Å². The van der Waals surface area contributed by atoms with Crippen LogP contribution in [0.1, 0.15) is 61.2 Å². The summed E-state index contributed by atoms with van der Waals surface area (Å²) in [5.41, 5.74) is 3.63. The van der Waals surface area contributed by atoms with Crippen LogP contribution < -0.4 is 5.32 Å². The number of carbonyl (C=O) groups is 1. The molecule has 1 aliphatic carbocycles. The molecule has 0 aliphatic heterocycles. The van der Waals surface area contributed by atoms with Gasteiger partial charge in [-0.2, -0.15) is 0 Å². The molecule has 0 radical (unpaired) electrons. The molecular weight excluding hydrogens is 441 g/mol. The largest absolute Gasteiger partial charge is 0.449 e. The maximum Gasteiger partial charge on any atom is 0.287 e. The summed E-state index contributed by atoms with van der Waals surface area (Å²) in [6, 6.07) is 20.5. The number of hydrogen-bond acceptors (Lipinski definition) is 3. The lowest BCUT2D eigenvalue weighted by molar-refractivity contribution is 0.0911. The van der Waals surface area contributed by atoms with Crippen LogP contribution in [0, 0.1) is 5.82 Å². The molecule has 1 atom stereocenters. The Kier molecular flexibility index (Phi) is 6.80. The van der Waals surface area contributed by atoms with Gasteiger partial charge in [-0.25, -0.2) is 9.37 Å². The first kappa shape index (κ1) is 23.1. The van der Waals surface area contributed by atoms with E-state index in [1.807, 2.05) is 37.5 Å². The van der Waals surface area contributed by atoms with Crippen molar-refractivity contribution in [2.45, 2.75) is 57.5 Å². The van der Waals surface area contributed by atoms with Crippen LogP contribution in [-0.2, 0) is 6.42 Å². The number of hydrogen-bond donors (Lipinski definition) is 1. The van der Waals surface area contributed by atoms with Crippen molar-refractivity contribution in [3.63, 3.8) is 0 Å².